The Morgan fingerprint density at radius 2 is 1.81 bits per heavy atom. The Morgan fingerprint density at radius 1 is 1.11 bits per heavy atom. The lowest BCUT2D eigenvalue weighted by Gasteiger charge is -2.19. The third-order valence-electron chi connectivity index (χ3n) is 3.83. The van der Waals surface area contributed by atoms with Gasteiger partial charge >= 0.3 is 5.97 Å². The number of esters is 1. The summed E-state index contributed by atoms with van der Waals surface area (Å²) < 4.78 is 23.6. The summed E-state index contributed by atoms with van der Waals surface area (Å²) in [7, 11) is 1.32. The summed E-state index contributed by atoms with van der Waals surface area (Å²) in [5, 5.41) is 3.60. The van der Waals surface area contributed by atoms with Crippen LogP contribution in [0.25, 0.3) is 0 Å². The predicted octanol–water partition coefficient (Wildman–Crippen LogP) is 4.56. The first-order valence-electron chi connectivity index (χ1n) is 8.02. The van der Waals surface area contributed by atoms with E-state index in [-0.39, 0.29) is 11.3 Å². The monoisotopic (exact) mass is 413 g/mol. The molecule has 1 amide bonds. The van der Waals surface area contributed by atoms with E-state index in [9.17, 15) is 14.0 Å². The van der Waals surface area contributed by atoms with E-state index in [1.165, 1.54) is 26.2 Å². The second-order valence-electron chi connectivity index (χ2n) is 5.79. The smallest absolute Gasteiger partial charge is 0.339 e. The number of carbonyl (C=O) groups excluding carboxylic acids is 2. The quantitative estimate of drug-likeness (QED) is 0.704. The summed E-state index contributed by atoms with van der Waals surface area (Å²) in [6.07, 6.45) is -1.09. The normalized spacial score (nSPS) is 12.8. The van der Waals surface area contributed by atoms with Gasteiger partial charge in [-0.15, -0.1) is 0 Å². The molecule has 2 atom stereocenters. The molecule has 2 aromatic rings. The lowest BCUT2D eigenvalue weighted by atomic mass is 10.1. The van der Waals surface area contributed by atoms with Gasteiger partial charge in [-0.1, -0.05) is 29.3 Å². The largest absolute Gasteiger partial charge is 0.494 e. The van der Waals surface area contributed by atoms with Gasteiger partial charge in [-0.05, 0) is 49.7 Å². The summed E-state index contributed by atoms with van der Waals surface area (Å²) in [4.78, 5) is 24.4. The van der Waals surface area contributed by atoms with Gasteiger partial charge < -0.3 is 14.8 Å². The van der Waals surface area contributed by atoms with Crippen LogP contribution in [0.1, 0.15) is 35.8 Å². The van der Waals surface area contributed by atoms with E-state index in [1.54, 1.807) is 25.1 Å². The molecule has 0 aliphatic carbocycles. The molecule has 2 aromatic carbocycles. The third kappa shape index (κ3) is 5.34. The van der Waals surface area contributed by atoms with Crippen LogP contribution in [0.4, 0.5) is 4.39 Å². The van der Waals surface area contributed by atoms with Crippen LogP contribution in [0.3, 0.4) is 0 Å². The summed E-state index contributed by atoms with van der Waals surface area (Å²) in [6, 6.07) is 8.15. The molecule has 27 heavy (non-hydrogen) atoms. The number of hydrogen-bond acceptors (Lipinski definition) is 4. The highest BCUT2D eigenvalue weighted by Gasteiger charge is 2.22. The van der Waals surface area contributed by atoms with Crippen molar-refractivity contribution in [1.29, 1.82) is 0 Å². The second kappa shape index (κ2) is 9.06. The fourth-order valence-electron chi connectivity index (χ4n) is 2.34. The first-order chi connectivity index (χ1) is 12.7. The second-order valence-corrected chi connectivity index (χ2v) is 6.64. The van der Waals surface area contributed by atoms with Crippen molar-refractivity contribution in [3.05, 3.63) is 63.4 Å². The molecule has 1 N–H and O–H groups in total. The van der Waals surface area contributed by atoms with Crippen molar-refractivity contribution < 1.29 is 23.5 Å². The Hall–Kier alpha value is -2.31. The summed E-state index contributed by atoms with van der Waals surface area (Å²) >= 11 is 12.0. The fraction of sp³-hybridized carbons (Fsp3) is 0.263. The molecule has 0 aliphatic rings. The highest BCUT2D eigenvalue weighted by Crippen LogP contribution is 2.26. The maximum atomic E-state index is 13.7. The van der Waals surface area contributed by atoms with Crippen LogP contribution >= 0.6 is 23.2 Å². The van der Waals surface area contributed by atoms with Crippen molar-refractivity contribution in [3.8, 4) is 5.75 Å². The Bertz CT molecular complexity index is 860. The number of hydrogen-bond donors (Lipinski definition) is 1. The fourth-order valence-corrected chi connectivity index (χ4v) is 2.91. The Labute approximate surface area is 166 Å². The van der Waals surface area contributed by atoms with Crippen LogP contribution in [-0.2, 0) is 9.53 Å². The SMILES string of the molecule is COc1ccc(C(=O)O[C@H](C)C(=O)N[C@@H](C)c2ccc(Cl)cc2Cl)cc1F. The lowest BCUT2D eigenvalue weighted by Crippen LogP contribution is -2.37. The van der Waals surface area contributed by atoms with Crippen LogP contribution in [0, 0.1) is 5.82 Å². The molecule has 2 rings (SSSR count). The van der Waals surface area contributed by atoms with E-state index in [0.29, 0.717) is 15.6 Å². The molecule has 0 saturated carbocycles. The van der Waals surface area contributed by atoms with E-state index in [1.807, 2.05) is 0 Å². The molecule has 0 aliphatic heterocycles. The van der Waals surface area contributed by atoms with Gasteiger partial charge in [0.1, 0.15) is 0 Å². The van der Waals surface area contributed by atoms with Crippen molar-refractivity contribution >= 4 is 35.1 Å². The minimum absolute atomic E-state index is 0.00556. The lowest BCUT2D eigenvalue weighted by molar-refractivity contribution is -0.129. The van der Waals surface area contributed by atoms with Crippen molar-refractivity contribution in [2.75, 3.05) is 7.11 Å². The average Bonchev–Trinajstić information content (AvgIpc) is 2.61. The highest BCUT2D eigenvalue weighted by molar-refractivity contribution is 6.35. The minimum Gasteiger partial charge on any atom is -0.494 e. The van der Waals surface area contributed by atoms with Gasteiger partial charge in [0.15, 0.2) is 17.7 Å². The van der Waals surface area contributed by atoms with Crippen LogP contribution in [0.15, 0.2) is 36.4 Å². The first-order valence-corrected chi connectivity index (χ1v) is 8.78. The highest BCUT2D eigenvalue weighted by atomic mass is 35.5. The van der Waals surface area contributed by atoms with Gasteiger partial charge in [-0.25, -0.2) is 9.18 Å². The average molecular weight is 414 g/mol. The summed E-state index contributed by atoms with van der Waals surface area (Å²) in [5.41, 5.74) is 0.645. The van der Waals surface area contributed by atoms with Gasteiger partial charge in [0.25, 0.3) is 5.91 Å². The predicted molar refractivity (Wildman–Crippen MR) is 101 cm³/mol. The number of methoxy groups -OCH3 is 1. The molecular formula is C19H18Cl2FNO4. The Morgan fingerprint density at radius 3 is 2.41 bits per heavy atom. The standard InChI is InChI=1S/C19H18Cl2FNO4/c1-10(14-6-5-13(20)9-15(14)21)23-18(24)11(2)27-19(25)12-4-7-17(26-3)16(22)8-12/h4-11H,1-3H3,(H,23,24)/t10-,11+/m0/s1. The van der Waals surface area contributed by atoms with Gasteiger partial charge in [-0.3, -0.25) is 4.79 Å². The Kier molecular flexibility index (Phi) is 7.05. The van der Waals surface area contributed by atoms with E-state index in [2.05, 4.69) is 5.32 Å². The molecule has 0 bridgehead atoms. The maximum absolute atomic E-state index is 13.7. The number of benzene rings is 2. The molecule has 8 heteroatoms. The van der Waals surface area contributed by atoms with Crippen molar-refractivity contribution in [2.45, 2.75) is 26.0 Å². The number of rotatable bonds is 6. The number of carbonyl (C=O) groups is 2. The summed E-state index contributed by atoms with van der Waals surface area (Å²) in [5.74, 6) is -2.03. The summed E-state index contributed by atoms with van der Waals surface area (Å²) in [6.45, 7) is 3.16. The van der Waals surface area contributed by atoms with Crippen molar-refractivity contribution in [3.63, 3.8) is 0 Å². The van der Waals surface area contributed by atoms with Crippen LogP contribution in [-0.4, -0.2) is 25.1 Å². The van der Waals surface area contributed by atoms with E-state index >= 15 is 0 Å². The zero-order valence-electron chi connectivity index (χ0n) is 14.9. The molecule has 0 radical (unpaired) electrons. The minimum atomic E-state index is -1.09. The molecule has 0 unspecified atom stereocenters. The van der Waals surface area contributed by atoms with Crippen LogP contribution in [0.5, 0.6) is 5.75 Å². The Balaban J connectivity index is 2.00. The third-order valence-corrected chi connectivity index (χ3v) is 4.39. The van der Waals surface area contributed by atoms with Crippen molar-refractivity contribution in [2.24, 2.45) is 0 Å². The van der Waals surface area contributed by atoms with Gasteiger partial charge in [0, 0.05) is 10.0 Å². The van der Waals surface area contributed by atoms with E-state index in [4.69, 9.17) is 32.7 Å². The van der Waals surface area contributed by atoms with E-state index < -0.39 is 29.8 Å². The van der Waals surface area contributed by atoms with Gasteiger partial charge in [0.2, 0.25) is 0 Å². The molecule has 144 valence electrons. The van der Waals surface area contributed by atoms with E-state index in [0.717, 1.165) is 6.07 Å². The molecule has 0 aromatic heterocycles. The number of ether oxygens (including phenoxy) is 2. The topological polar surface area (TPSA) is 64.6 Å². The zero-order chi connectivity index (χ0) is 20.1. The molecule has 0 heterocycles. The van der Waals surface area contributed by atoms with Gasteiger partial charge in [0.05, 0.1) is 18.7 Å². The molecule has 0 spiro atoms. The zero-order valence-corrected chi connectivity index (χ0v) is 16.4. The molecule has 0 saturated heterocycles. The van der Waals surface area contributed by atoms with Crippen molar-refractivity contribution in [1.82, 2.24) is 5.32 Å². The maximum Gasteiger partial charge on any atom is 0.339 e. The number of nitrogens with one attached hydrogen (secondary N) is 1. The molecule has 0 fully saturated rings. The molecule has 5 nitrogen and oxygen atoms in total. The van der Waals surface area contributed by atoms with Crippen LogP contribution in [0.2, 0.25) is 10.0 Å². The number of halogens is 3. The van der Waals surface area contributed by atoms with Gasteiger partial charge in [-0.2, -0.15) is 0 Å². The van der Waals surface area contributed by atoms with Crippen LogP contribution < -0.4 is 10.1 Å². The molecular weight excluding hydrogens is 396 g/mol. The first kappa shape index (κ1) is 21.0. The number of amides is 1.